The Labute approximate surface area is 164 Å². The Morgan fingerprint density at radius 3 is 2.68 bits per heavy atom. The number of rotatable bonds is 4. The van der Waals surface area contributed by atoms with Crippen molar-refractivity contribution in [3.63, 3.8) is 0 Å². The highest BCUT2D eigenvalue weighted by Gasteiger charge is 2.42. The van der Waals surface area contributed by atoms with Gasteiger partial charge in [-0.05, 0) is 24.3 Å². The first-order chi connectivity index (χ1) is 13.6. The maximum absolute atomic E-state index is 13.9. The van der Waals surface area contributed by atoms with Gasteiger partial charge in [0.25, 0.3) is 5.91 Å². The maximum atomic E-state index is 13.9. The van der Waals surface area contributed by atoms with Crippen molar-refractivity contribution in [2.45, 2.75) is 18.6 Å². The lowest BCUT2D eigenvalue weighted by Crippen LogP contribution is -2.41. The van der Waals surface area contributed by atoms with Crippen LogP contribution in [0.15, 0.2) is 48.5 Å². The molecule has 0 saturated carbocycles. The third kappa shape index (κ3) is 3.43. The zero-order chi connectivity index (χ0) is 19.7. The number of fused-ring (bicyclic) bond motifs is 1. The molecule has 0 spiro atoms. The standard InChI is InChI=1S/C20H17FN2O4S/c1-26-20(25)15-10-12(27-16-8-4-2-6-13(16)21)11-23(15)19(24)18-22-14-7-3-5-9-17(14)28-18/h2-9,12,15H,10-11H2,1H3/t12-,15-/m0/s1. The van der Waals surface area contributed by atoms with E-state index in [1.807, 2.05) is 24.3 Å². The lowest BCUT2D eigenvalue weighted by atomic mass is 10.2. The molecular weight excluding hydrogens is 383 g/mol. The summed E-state index contributed by atoms with van der Waals surface area (Å²) in [6, 6.07) is 12.7. The van der Waals surface area contributed by atoms with Gasteiger partial charge in [0, 0.05) is 6.42 Å². The number of thiazole rings is 1. The van der Waals surface area contributed by atoms with Crippen molar-refractivity contribution in [2.24, 2.45) is 0 Å². The molecule has 0 unspecified atom stereocenters. The van der Waals surface area contributed by atoms with Gasteiger partial charge >= 0.3 is 5.97 Å². The molecule has 1 fully saturated rings. The van der Waals surface area contributed by atoms with Gasteiger partial charge in [-0.3, -0.25) is 4.79 Å². The molecular formula is C20H17FN2O4S. The summed E-state index contributed by atoms with van der Waals surface area (Å²) >= 11 is 1.27. The van der Waals surface area contributed by atoms with Crippen LogP contribution in [0.5, 0.6) is 5.75 Å². The average molecular weight is 400 g/mol. The Morgan fingerprint density at radius 2 is 1.93 bits per heavy atom. The van der Waals surface area contributed by atoms with Crippen molar-refractivity contribution in [3.8, 4) is 5.75 Å². The monoisotopic (exact) mass is 400 g/mol. The molecule has 2 heterocycles. The van der Waals surface area contributed by atoms with Crippen LogP contribution in [0.3, 0.4) is 0 Å². The van der Waals surface area contributed by atoms with Gasteiger partial charge in [-0.2, -0.15) is 0 Å². The van der Waals surface area contributed by atoms with Gasteiger partial charge in [0.2, 0.25) is 0 Å². The van der Waals surface area contributed by atoms with Crippen LogP contribution in [0, 0.1) is 5.82 Å². The minimum Gasteiger partial charge on any atom is -0.485 e. The number of likely N-dealkylation sites (tertiary alicyclic amines) is 1. The van der Waals surface area contributed by atoms with Crippen molar-refractivity contribution >= 4 is 33.4 Å². The first kappa shape index (κ1) is 18.4. The number of hydrogen-bond donors (Lipinski definition) is 0. The molecule has 1 saturated heterocycles. The summed E-state index contributed by atoms with van der Waals surface area (Å²) in [4.78, 5) is 31.1. The van der Waals surface area contributed by atoms with Gasteiger partial charge in [-0.1, -0.05) is 24.3 Å². The minimum absolute atomic E-state index is 0.0883. The van der Waals surface area contributed by atoms with E-state index in [0.717, 1.165) is 10.2 Å². The van der Waals surface area contributed by atoms with Gasteiger partial charge in [0.15, 0.2) is 16.6 Å². The zero-order valence-corrected chi connectivity index (χ0v) is 15.8. The predicted molar refractivity (Wildman–Crippen MR) is 102 cm³/mol. The first-order valence-electron chi connectivity index (χ1n) is 8.72. The third-order valence-electron chi connectivity index (χ3n) is 4.60. The topological polar surface area (TPSA) is 68.7 Å². The van der Waals surface area contributed by atoms with Crippen molar-refractivity contribution in [1.29, 1.82) is 0 Å². The second-order valence-electron chi connectivity index (χ2n) is 6.39. The number of hydrogen-bond acceptors (Lipinski definition) is 6. The molecule has 0 bridgehead atoms. The quantitative estimate of drug-likeness (QED) is 0.629. The molecule has 2 aromatic carbocycles. The Bertz CT molecular complexity index is 1000. The molecule has 0 aliphatic carbocycles. The van der Waals surface area contributed by atoms with E-state index in [-0.39, 0.29) is 24.6 Å². The van der Waals surface area contributed by atoms with Crippen molar-refractivity contribution < 1.29 is 23.5 Å². The number of esters is 1. The lowest BCUT2D eigenvalue weighted by molar-refractivity contribution is -0.145. The summed E-state index contributed by atoms with van der Waals surface area (Å²) in [7, 11) is 1.27. The fourth-order valence-electron chi connectivity index (χ4n) is 3.27. The second-order valence-corrected chi connectivity index (χ2v) is 7.42. The highest BCUT2D eigenvalue weighted by atomic mass is 32.1. The molecule has 3 aromatic rings. The van der Waals surface area contributed by atoms with Crippen LogP contribution < -0.4 is 4.74 Å². The van der Waals surface area contributed by atoms with E-state index in [1.165, 1.54) is 35.5 Å². The number of nitrogens with zero attached hydrogens (tertiary/aromatic N) is 2. The van der Waals surface area contributed by atoms with Gasteiger partial charge in [0.05, 0.1) is 23.9 Å². The van der Waals surface area contributed by atoms with Crippen LogP contribution in [0.25, 0.3) is 10.2 Å². The van der Waals surface area contributed by atoms with E-state index in [0.29, 0.717) is 5.01 Å². The molecule has 2 atom stereocenters. The number of halogens is 1. The fourth-order valence-corrected chi connectivity index (χ4v) is 4.19. The smallest absolute Gasteiger partial charge is 0.328 e. The summed E-state index contributed by atoms with van der Waals surface area (Å²) in [5, 5.41) is 0.293. The van der Waals surface area contributed by atoms with Gasteiger partial charge in [0.1, 0.15) is 12.1 Å². The first-order valence-corrected chi connectivity index (χ1v) is 9.54. The summed E-state index contributed by atoms with van der Waals surface area (Å²) in [5.74, 6) is -1.30. The van der Waals surface area contributed by atoms with E-state index < -0.39 is 23.9 Å². The fraction of sp³-hybridized carbons (Fsp3) is 0.250. The molecule has 28 heavy (non-hydrogen) atoms. The van der Waals surface area contributed by atoms with E-state index >= 15 is 0 Å². The molecule has 1 aliphatic rings. The highest BCUT2D eigenvalue weighted by molar-refractivity contribution is 7.20. The predicted octanol–water partition coefficient (Wildman–Crippen LogP) is 3.27. The molecule has 0 N–H and O–H groups in total. The highest BCUT2D eigenvalue weighted by Crippen LogP contribution is 2.29. The number of benzene rings is 2. The van der Waals surface area contributed by atoms with Crippen LogP contribution in [0.2, 0.25) is 0 Å². The Hall–Kier alpha value is -3.00. The van der Waals surface area contributed by atoms with Gasteiger partial charge < -0.3 is 14.4 Å². The van der Waals surface area contributed by atoms with Gasteiger partial charge in [-0.25, -0.2) is 14.2 Å². The number of carbonyl (C=O) groups excluding carboxylic acids is 2. The van der Waals surface area contributed by atoms with E-state index in [4.69, 9.17) is 9.47 Å². The van der Waals surface area contributed by atoms with E-state index in [2.05, 4.69) is 4.98 Å². The Morgan fingerprint density at radius 1 is 1.18 bits per heavy atom. The van der Waals surface area contributed by atoms with Gasteiger partial charge in [-0.15, -0.1) is 11.3 Å². The summed E-state index contributed by atoms with van der Waals surface area (Å²) in [5.41, 5.74) is 0.726. The molecule has 1 amide bonds. The number of methoxy groups -OCH3 is 1. The number of aromatic nitrogens is 1. The molecule has 0 radical (unpaired) electrons. The van der Waals surface area contributed by atoms with Crippen molar-refractivity contribution in [3.05, 3.63) is 59.4 Å². The van der Waals surface area contributed by atoms with Crippen LogP contribution in [-0.2, 0) is 9.53 Å². The van der Waals surface area contributed by atoms with Crippen LogP contribution in [-0.4, -0.2) is 47.6 Å². The lowest BCUT2D eigenvalue weighted by Gasteiger charge is -2.21. The second kappa shape index (κ2) is 7.55. The minimum atomic E-state index is -0.804. The molecule has 8 heteroatoms. The summed E-state index contributed by atoms with van der Waals surface area (Å²) in [6.45, 7) is 0.142. The van der Waals surface area contributed by atoms with Crippen molar-refractivity contribution in [1.82, 2.24) is 9.88 Å². The summed E-state index contributed by atoms with van der Waals surface area (Å²) < 4.78 is 25.4. The number of amides is 1. The maximum Gasteiger partial charge on any atom is 0.328 e. The number of ether oxygens (including phenoxy) is 2. The number of para-hydroxylation sites is 2. The van der Waals surface area contributed by atoms with Crippen LogP contribution in [0.4, 0.5) is 4.39 Å². The Balaban J connectivity index is 1.59. The number of carbonyl (C=O) groups is 2. The molecule has 144 valence electrons. The molecule has 1 aromatic heterocycles. The molecule has 6 nitrogen and oxygen atoms in total. The Kier molecular flexibility index (Phi) is 4.95. The van der Waals surface area contributed by atoms with Crippen LogP contribution in [0.1, 0.15) is 16.2 Å². The molecule has 1 aliphatic heterocycles. The largest absolute Gasteiger partial charge is 0.485 e. The normalized spacial score (nSPS) is 19.0. The third-order valence-corrected chi connectivity index (χ3v) is 5.63. The van der Waals surface area contributed by atoms with Crippen LogP contribution >= 0.6 is 11.3 Å². The summed E-state index contributed by atoms with van der Waals surface area (Å²) in [6.07, 6.45) is -0.309. The zero-order valence-electron chi connectivity index (χ0n) is 15.0. The SMILES string of the molecule is COC(=O)[C@@H]1C[C@H](Oc2ccccc2F)CN1C(=O)c1nc2ccccc2s1. The molecule has 4 rings (SSSR count). The van der Waals surface area contributed by atoms with E-state index in [1.54, 1.807) is 12.1 Å². The average Bonchev–Trinajstić information content (AvgIpc) is 3.33. The van der Waals surface area contributed by atoms with E-state index in [9.17, 15) is 14.0 Å². The van der Waals surface area contributed by atoms with Crippen molar-refractivity contribution in [2.75, 3.05) is 13.7 Å².